The van der Waals surface area contributed by atoms with Gasteiger partial charge in [0.2, 0.25) is 0 Å². The number of hydrogen-bond acceptors (Lipinski definition) is 7. The van der Waals surface area contributed by atoms with Crippen LogP contribution in [0, 0.1) is 6.92 Å². The maximum Gasteiger partial charge on any atom is 0.417 e. The van der Waals surface area contributed by atoms with Crippen LogP contribution in [0.15, 0.2) is 55.1 Å². The van der Waals surface area contributed by atoms with Crippen molar-refractivity contribution in [2.45, 2.75) is 26.2 Å². The Bertz CT molecular complexity index is 1310. The average molecular weight is 467 g/mol. The predicted octanol–water partition coefficient (Wildman–Crippen LogP) is 4.03. The highest BCUT2D eigenvalue weighted by atomic mass is 19.4. The second-order valence-corrected chi connectivity index (χ2v) is 7.54. The minimum atomic E-state index is -4.49. The number of rotatable bonds is 6. The van der Waals surface area contributed by atoms with Gasteiger partial charge >= 0.3 is 6.18 Å². The highest BCUT2D eigenvalue weighted by Crippen LogP contribution is 2.28. The molecule has 0 atom stereocenters. The molecule has 4 aromatic heterocycles. The summed E-state index contributed by atoms with van der Waals surface area (Å²) in [6.07, 6.45) is 0.780. The fourth-order valence-electron chi connectivity index (χ4n) is 3.39. The number of alkyl halides is 3. The highest BCUT2D eigenvalue weighted by Gasteiger charge is 2.30. The molecule has 0 saturated heterocycles. The van der Waals surface area contributed by atoms with Crippen molar-refractivity contribution >= 4 is 22.8 Å². The molecule has 0 aliphatic carbocycles. The molecule has 0 aliphatic rings. The molecule has 0 fully saturated rings. The number of aryl methyl sites for hydroxylation is 1. The third kappa shape index (κ3) is 5.08. The molecule has 0 aliphatic heterocycles. The van der Waals surface area contributed by atoms with Gasteiger partial charge in [0.1, 0.15) is 11.6 Å². The first kappa shape index (κ1) is 23.0. The summed E-state index contributed by atoms with van der Waals surface area (Å²) in [6, 6.07) is 7.40. The Morgan fingerprint density at radius 1 is 1.03 bits per heavy atom. The third-order valence-corrected chi connectivity index (χ3v) is 5.09. The highest BCUT2D eigenvalue weighted by molar-refractivity contribution is 5.97. The van der Waals surface area contributed by atoms with E-state index in [2.05, 4.69) is 30.2 Å². The number of nitrogens with zero attached hydrogens (tertiary/aromatic N) is 6. The van der Waals surface area contributed by atoms with Crippen LogP contribution in [0.2, 0.25) is 0 Å². The Labute approximate surface area is 192 Å². The maximum absolute atomic E-state index is 13.4. The molecule has 0 saturated carbocycles. The Kier molecular flexibility index (Phi) is 6.35. The number of nitrogens with one attached hydrogen (secondary N) is 1. The number of carbonyl (C=O) groups is 1. The molecule has 0 unspecified atom stereocenters. The molecule has 0 spiro atoms. The van der Waals surface area contributed by atoms with Gasteiger partial charge in [-0.3, -0.25) is 9.78 Å². The van der Waals surface area contributed by atoms with Gasteiger partial charge in [-0.05, 0) is 42.8 Å². The van der Waals surface area contributed by atoms with E-state index >= 15 is 0 Å². The molecule has 4 heterocycles. The number of amides is 1. The molecule has 11 heteroatoms. The van der Waals surface area contributed by atoms with E-state index in [0.717, 1.165) is 17.8 Å². The van der Waals surface area contributed by atoms with Crippen LogP contribution >= 0.6 is 0 Å². The number of anilines is 1. The molecular formula is C23H20F3N7O. The van der Waals surface area contributed by atoms with Crippen molar-refractivity contribution in [1.82, 2.24) is 29.8 Å². The molecule has 4 aromatic rings. The molecule has 0 radical (unpaired) electrons. The van der Waals surface area contributed by atoms with Crippen LogP contribution in [-0.4, -0.2) is 42.8 Å². The van der Waals surface area contributed by atoms with Crippen molar-refractivity contribution in [2.75, 3.05) is 12.4 Å². The topological polar surface area (TPSA) is 96.8 Å². The van der Waals surface area contributed by atoms with E-state index in [-0.39, 0.29) is 19.0 Å². The number of carbonyl (C=O) groups excluding carboxylic acids is 1. The lowest BCUT2D eigenvalue weighted by Gasteiger charge is -2.22. The van der Waals surface area contributed by atoms with Gasteiger partial charge < -0.3 is 10.2 Å². The Morgan fingerprint density at radius 3 is 2.44 bits per heavy atom. The van der Waals surface area contributed by atoms with E-state index in [1.54, 1.807) is 31.6 Å². The van der Waals surface area contributed by atoms with Crippen LogP contribution in [0.25, 0.3) is 11.0 Å². The van der Waals surface area contributed by atoms with Gasteiger partial charge in [-0.15, -0.1) is 0 Å². The number of hydrogen-bond donors (Lipinski definition) is 1. The number of pyridine rings is 3. The zero-order valence-corrected chi connectivity index (χ0v) is 18.3. The lowest BCUT2D eigenvalue weighted by Crippen LogP contribution is -2.31. The van der Waals surface area contributed by atoms with Gasteiger partial charge in [0.05, 0.1) is 29.9 Å². The van der Waals surface area contributed by atoms with Crippen molar-refractivity contribution in [1.29, 1.82) is 0 Å². The Balaban J connectivity index is 1.66. The average Bonchev–Trinajstić information content (AvgIpc) is 2.83. The van der Waals surface area contributed by atoms with Crippen LogP contribution in [0.1, 0.15) is 33.0 Å². The van der Waals surface area contributed by atoms with Crippen molar-refractivity contribution in [2.24, 2.45) is 0 Å². The Hall–Kier alpha value is -4.15. The van der Waals surface area contributed by atoms with E-state index < -0.39 is 11.7 Å². The zero-order valence-electron chi connectivity index (χ0n) is 18.3. The smallest absolute Gasteiger partial charge is 0.373 e. The quantitative estimate of drug-likeness (QED) is 0.457. The summed E-state index contributed by atoms with van der Waals surface area (Å²) in [5, 5.41) is 3.68. The summed E-state index contributed by atoms with van der Waals surface area (Å²) in [6.45, 7) is 1.89. The summed E-state index contributed by atoms with van der Waals surface area (Å²) in [5.74, 6) is 0.682. The van der Waals surface area contributed by atoms with Gasteiger partial charge in [-0.1, -0.05) is 0 Å². The summed E-state index contributed by atoms with van der Waals surface area (Å²) >= 11 is 0. The number of fused-ring (bicyclic) bond motifs is 1. The normalized spacial score (nSPS) is 11.4. The van der Waals surface area contributed by atoms with Gasteiger partial charge in [-0.2, -0.15) is 13.2 Å². The lowest BCUT2D eigenvalue weighted by atomic mass is 10.1. The second-order valence-electron chi connectivity index (χ2n) is 7.54. The van der Waals surface area contributed by atoms with Gasteiger partial charge in [0.25, 0.3) is 5.91 Å². The van der Waals surface area contributed by atoms with Crippen LogP contribution in [0.3, 0.4) is 0 Å². The molecular weight excluding hydrogens is 447 g/mol. The minimum absolute atomic E-state index is 0.0381. The fourth-order valence-corrected chi connectivity index (χ4v) is 3.39. The van der Waals surface area contributed by atoms with Crippen molar-refractivity contribution in [3.63, 3.8) is 0 Å². The van der Waals surface area contributed by atoms with Gasteiger partial charge in [-0.25, -0.2) is 19.9 Å². The van der Waals surface area contributed by atoms with Crippen LogP contribution in [0.5, 0.6) is 0 Å². The maximum atomic E-state index is 13.4. The monoisotopic (exact) mass is 467 g/mol. The van der Waals surface area contributed by atoms with Gasteiger partial charge in [0.15, 0.2) is 5.65 Å². The summed E-state index contributed by atoms with van der Waals surface area (Å²) < 4.78 is 38.7. The second kappa shape index (κ2) is 9.38. The van der Waals surface area contributed by atoms with Gasteiger partial charge in [0, 0.05) is 37.2 Å². The Morgan fingerprint density at radius 2 is 1.79 bits per heavy atom. The van der Waals surface area contributed by atoms with Crippen molar-refractivity contribution in [3.05, 3.63) is 83.3 Å². The van der Waals surface area contributed by atoms with E-state index in [1.165, 1.54) is 17.2 Å². The molecule has 174 valence electrons. The van der Waals surface area contributed by atoms with E-state index in [1.807, 2.05) is 13.0 Å². The SMILES string of the molecule is CNc1nc2ncc(C(=O)N(Cc3ccc(C(F)(F)F)cn3)Cc3ncccn3)cc2cc1C. The molecule has 1 N–H and O–H groups in total. The molecule has 0 bridgehead atoms. The van der Waals surface area contributed by atoms with Crippen molar-refractivity contribution < 1.29 is 18.0 Å². The lowest BCUT2D eigenvalue weighted by molar-refractivity contribution is -0.137. The fraction of sp³-hybridized carbons (Fsp3) is 0.217. The minimum Gasteiger partial charge on any atom is -0.373 e. The first-order valence-electron chi connectivity index (χ1n) is 10.3. The number of aromatic nitrogens is 5. The molecule has 4 rings (SSSR count). The van der Waals surface area contributed by atoms with E-state index in [9.17, 15) is 18.0 Å². The molecule has 1 amide bonds. The van der Waals surface area contributed by atoms with Crippen molar-refractivity contribution in [3.8, 4) is 0 Å². The predicted molar refractivity (Wildman–Crippen MR) is 119 cm³/mol. The van der Waals surface area contributed by atoms with Crippen LogP contribution in [-0.2, 0) is 19.3 Å². The largest absolute Gasteiger partial charge is 0.417 e. The van der Waals surface area contributed by atoms with Crippen LogP contribution < -0.4 is 5.32 Å². The first-order chi connectivity index (χ1) is 16.2. The zero-order chi connectivity index (χ0) is 24.3. The molecule has 8 nitrogen and oxygen atoms in total. The van der Waals surface area contributed by atoms with Crippen LogP contribution in [0.4, 0.5) is 19.0 Å². The summed E-state index contributed by atoms with van der Waals surface area (Å²) in [4.78, 5) is 35.8. The first-order valence-corrected chi connectivity index (χ1v) is 10.3. The summed E-state index contributed by atoms with van der Waals surface area (Å²) in [5.41, 5.74) is 1.11. The standard InChI is InChI=1S/C23H20F3N7O/c1-14-8-15-9-16(10-31-21(15)32-20(14)27-2)22(34)33(13-19-28-6-3-7-29-19)12-18-5-4-17(11-30-18)23(24,25)26/h3-11H,12-13H2,1-2H3,(H,27,31,32). The van der Waals surface area contributed by atoms with E-state index in [4.69, 9.17) is 0 Å². The number of halogens is 3. The molecule has 0 aromatic carbocycles. The van der Waals surface area contributed by atoms with E-state index in [0.29, 0.717) is 33.9 Å². The third-order valence-electron chi connectivity index (χ3n) is 5.09. The summed E-state index contributed by atoms with van der Waals surface area (Å²) in [7, 11) is 1.76. The molecule has 34 heavy (non-hydrogen) atoms.